The standard InChI is InChI=1S/C14H12Br2N2S/c1-8-2-4-10(15)7-13(8)18-12-5-3-9(14(17)19)6-11(12)16/h2-7,18H,1H3,(H2,17,19). The number of nitrogens with two attached hydrogens (primary N) is 1. The molecule has 0 bridgehead atoms. The largest absolute Gasteiger partial charge is 0.389 e. The van der Waals surface area contributed by atoms with Crippen molar-refractivity contribution in [2.75, 3.05) is 5.32 Å². The Labute approximate surface area is 134 Å². The highest BCUT2D eigenvalue weighted by atomic mass is 79.9. The van der Waals surface area contributed by atoms with Gasteiger partial charge in [-0.2, -0.15) is 0 Å². The summed E-state index contributed by atoms with van der Waals surface area (Å²) >= 11 is 12.0. The first-order chi connectivity index (χ1) is 8.97. The second kappa shape index (κ2) is 6.03. The van der Waals surface area contributed by atoms with E-state index < -0.39 is 0 Å². The molecule has 0 saturated heterocycles. The van der Waals surface area contributed by atoms with Crippen LogP contribution in [0.4, 0.5) is 11.4 Å². The molecule has 2 nitrogen and oxygen atoms in total. The number of hydrogen-bond donors (Lipinski definition) is 2. The lowest BCUT2D eigenvalue weighted by Crippen LogP contribution is -2.09. The lowest BCUT2D eigenvalue weighted by Gasteiger charge is -2.12. The van der Waals surface area contributed by atoms with Crippen LogP contribution >= 0.6 is 44.1 Å². The minimum atomic E-state index is 0.394. The van der Waals surface area contributed by atoms with Gasteiger partial charge in [-0.05, 0) is 58.7 Å². The molecule has 0 aliphatic carbocycles. The van der Waals surface area contributed by atoms with Crippen LogP contribution in [0.2, 0.25) is 0 Å². The molecule has 5 heteroatoms. The van der Waals surface area contributed by atoms with Gasteiger partial charge < -0.3 is 11.1 Å². The van der Waals surface area contributed by atoms with E-state index in [1.54, 1.807) is 0 Å². The average Bonchev–Trinajstić information content (AvgIpc) is 2.36. The Morgan fingerprint density at radius 1 is 1.11 bits per heavy atom. The zero-order valence-corrected chi connectivity index (χ0v) is 14.2. The number of nitrogens with one attached hydrogen (secondary N) is 1. The number of anilines is 2. The second-order valence-corrected chi connectivity index (χ2v) is 6.35. The van der Waals surface area contributed by atoms with Gasteiger partial charge in [-0.1, -0.05) is 34.2 Å². The van der Waals surface area contributed by atoms with Crippen LogP contribution in [-0.2, 0) is 0 Å². The van der Waals surface area contributed by atoms with Crippen molar-refractivity contribution in [2.45, 2.75) is 6.92 Å². The summed E-state index contributed by atoms with van der Waals surface area (Å²) in [6.45, 7) is 2.06. The molecule has 2 aromatic rings. The summed E-state index contributed by atoms with van der Waals surface area (Å²) < 4.78 is 1.97. The van der Waals surface area contributed by atoms with Gasteiger partial charge in [0.05, 0.1) is 5.69 Å². The van der Waals surface area contributed by atoms with Crippen molar-refractivity contribution in [1.29, 1.82) is 0 Å². The van der Waals surface area contributed by atoms with E-state index in [2.05, 4.69) is 50.2 Å². The lowest BCUT2D eigenvalue weighted by atomic mass is 10.1. The molecule has 0 aliphatic heterocycles. The number of rotatable bonds is 3. The summed E-state index contributed by atoms with van der Waals surface area (Å²) in [5, 5.41) is 3.39. The third-order valence-electron chi connectivity index (χ3n) is 2.72. The Morgan fingerprint density at radius 3 is 2.47 bits per heavy atom. The molecule has 2 aromatic carbocycles. The maximum atomic E-state index is 5.61. The number of halogens is 2. The molecular weight excluding hydrogens is 388 g/mol. The number of aryl methyl sites for hydroxylation is 1. The smallest absolute Gasteiger partial charge is 0.104 e. The average molecular weight is 400 g/mol. The molecule has 0 radical (unpaired) electrons. The fraction of sp³-hybridized carbons (Fsp3) is 0.0714. The van der Waals surface area contributed by atoms with Crippen molar-refractivity contribution in [3.05, 3.63) is 56.5 Å². The molecule has 0 fully saturated rings. The normalized spacial score (nSPS) is 10.3. The zero-order valence-electron chi connectivity index (χ0n) is 10.2. The van der Waals surface area contributed by atoms with Gasteiger partial charge in [0.1, 0.15) is 4.99 Å². The zero-order chi connectivity index (χ0) is 14.0. The van der Waals surface area contributed by atoms with E-state index in [1.165, 1.54) is 5.56 Å². The third-order valence-corrected chi connectivity index (χ3v) is 4.11. The minimum Gasteiger partial charge on any atom is -0.389 e. The summed E-state index contributed by atoms with van der Waals surface area (Å²) in [5.41, 5.74) is 9.66. The van der Waals surface area contributed by atoms with Gasteiger partial charge in [0, 0.05) is 20.2 Å². The summed E-state index contributed by atoms with van der Waals surface area (Å²) in [6, 6.07) is 11.9. The van der Waals surface area contributed by atoms with Crippen molar-refractivity contribution in [3.8, 4) is 0 Å². The molecule has 0 atom stereocenters. The summed E-state index contributed by atoms with van der Waals surface area (Å²) in [4.78, 5) is 0.394. The SMILES string of the molecule is Cc1ccc(Br)cc1Nc1ccc(C(N)=S)cc1Br. The summed E-state index contributed by atoms with van der Waals surface area (Å²) in [7, 11) is 0. The van der Waals surface area contributed by atoms with Crippen LogP contribution in [0.5, 0.6) is 0 Å². The predicted octanol–water partition coefficient (Wildman–Crippen LogP) is 4.90. The Bertz CT molecular complexity index is 641. The molecule has 0 saturated carbocycles. The van der Waals surface area contributed by atoms with E-state index in [0.29, 0.717) is 4.99 Å². The van der Waals surface area contributed by atoms with E-state index in [1.807, 2.05) is 30.3 Å². The molecule has 0 heterocycles. The van der Waals surface area contributed by atoms with Crippen LogP contribution in [-0.4, -0.2) is 4.99 Å². The van der Waals surface area contributed by atoms with E-state index in [4.69, 9.17) is 18.0 Å². The first kappa shape index (κ1) is 14.5. The fourth-order valence-electron chi connectivity index (χ4n) is 1.64. The molecular formula is C14H12Br2N2S. The third kappa shape index (κ3) is 3.55. The van der Waals surface area contributed by atoms with Crippen LogP contribution in [0, 0.1) is 6.92 Å². The fourth-order valence-corrected chi connectivity index (χ4v) is 2.61. The van der Waals surface area contributed by atoms with E-state index in [9.17, 15) is 0 Å². The molecule has 98 valence electrons. The first-order valence-corrected chi connectivity index (χ1v) is 7.59. The van der Waals surface area contributed by atoms with Gasteiger partial charge in [0.2, 0.25) is 0 Å². The van der Waals surface area contributed by atoms with Crippen molar-refractivity contribution >= 4 is 60.4 Å². The Hall–Kier alpha value is -0.910. The van der Waals surface area contributed by atoms with Crippen LogP contribution in [0.3, 0.4) is 0 Å². The van der Waals surface area contributed by atoms with Crippen LogP contribution in [0.15, 0.2) is 45.3 Å². The highest BCUT2D eigenvalue weighted by Crippen LogP contribution is 2.29. The van der Waals surface area contributed by atoms with Gasteiger partial charge in [0.25, 0.3) is 0 Å². The van der Waals surface area contributed by atoms with Crippen molar-refractivity contribution in [3.63, 3.8) is 0 Å². The van der Waals surface area contributed by atoms with Crippen LogP contribution in [0.1, 0.15) is 11.1 Å². The van der Waals surface area contributed by atoms with Gasteiger partial charge in [-0.3, -0.25) is 0 Å². The van der Waals surface area contributed by atoms with Gasteiger partial charge >= 0.3 is 0 Å². The second-order valence-electron chi connectivity index (χ2n) is 4.14. The number of benzene rings is 2. The van der Waals surface area contributed by atoms with Crippen molar-refractivity contribution in [1.82, 2.24) is 0 Å². The summed E-state index contributed by atoms with van der Waals surface area (Å²) in [6.07, 6.45) is 0. The quantitative estimate of drug-likeness (QED) is 0.721. The molecule has 19 heavy (non-hydrogen) atoms. The van der Waals surface area contributed by atoms with Gasteiger partial charge in [-0.25, -0.2) is 0 Å². The van der Waals surface area contributed by atoms with E-state index in [0.717, 1.165) is 25.9 Å². The van der Waals surface area contributed by atoms with Crippen LogP contribution < -0.4 is 11.1 Å². The first-order valence-electron chi connectivity index (χ1n) is 5.60. The number of thiocarbonyl (C=S) groups is 1. The lowest BCUT2D eigenvalue weighted by molar-refractivity contribution is 1.41. The highest BCUT2D eigenvalue weighted by molar-refractivity contribution is 9.10. The molecule has 3 N–H and O–H groups in total. The maximum Gasteiger partial charge on any atom is 0.104 e. The molecule has 2 rings (SSSR count). The molecule has 0 amide bonds. The van der Waals surface area contributed by atoms with E-state index in [-0.39, 0.29) is 0 Å². The van der Waals surface area contributed by atoms with E-state index >= 15 is 0 Å². The topological polar surface area (TPSA) is 38.0 Å². The van der Waals surface area contributed by atoms with Crippen molar-refractivity contribution in [2.24, 2.45) is 5.73 Å². The highest BCUT2D eigenvalue weighted by Gasteiger charge is 2.05. The van der Waals surface area contributed by atoms with Gasteiger partial charge in [-0.15, -0.1) is 0 Å². The minimum absolute atomic E-state index is 0.394. The van der Waals surface area contributed by atoms with Crippen molar-refractivity contribution < 1.29 is 0 Å². The van der Waals surface area contributed by atoms with Gasteiger partial charge in [0.15, 0.2) is 0 Å². The molecule has 0 spiro atoms. The van der Waals surface area contributed by atoms with Crippen LogP contribution in [0.25, 0.3) is 0 Å². The molecule has 0 aliphatic rings. The summed E-state index contributed by atoms with van der Waals surface area (Å²) in [5.74, 6) is 0. The monoisotopic (exact) mass is 398 g/mol. The Kier molecular flexibility index (Phi) is 4.60. The molecule has 0 unspecified atom stereocenters. The predicted molar refractivity (Wildman–Crippen MR) is 92.2 cm³/mol. The molecule has 0 aromatic heterocycles. The Balaban J connectivity index is 2.33. The number of hydrogen-bond acceptors (Lipinski definition) is 2. The maximum absolute atomic E-state index is 5.61. The Morgan fingerprint density at radius 2 is 1.84 bits per heavy atom.